The fraction of sp³-hybridized carbons (Fsp3) is 0.684. The van der Waals surface area contributed by atoms with Crippen LogP contribution in [0.25, 0.3) is 0 Å². The molecule has 1 fully saturated rings. The van der Waals surface area contributed by atoms with Crippen molar-refractivity contribution >= 4 is 34.2 Å². The van der Waals surface area contributed by atoms with E-state index in [1.807, 2.05) is 18.7 Å². The van der Waals surface area contributed by atoms with Gasteiger partial charge < -0.3 is 19.9 Å². The van der Waals surface area contributed by atoms with Crippen LogP contribution in [0, 0.1) is 11.8 Å². The van der Waals surface area contributed by atoms with Crippen LogP contribution in [0.3, 0.4) is 0 Å². The van der Waals surface area contributed by atoms with Crippen LogP contribution >= 0.6 is 11.3 Å². The number of carbonyl (C=O) groups is 3. The van der Waals surface area contributed by atoms with Gasteiger partial charge in [0, 0.05) is 50.9 Å². The number of nitrogens with zero attached hydrogens (tertiary/aromatic N) is 3. The Morgan fingerprint density at radius 1 is 1.39 bits per heavy atom. The Labute approximate surface area is 169 Å². The van der Waals surface area contributed by atoms with Crippen molar-refractivity contribution in [3.8, 4) is 0 Å². The highest BCUT2D eigenvalue weighted by atomic mass is 32.1. The number of rotatable bonds is 7. The van der Waals surface area contributed by atoms with Gasteiger partial charge in [0.15, 0.2) is 5.13 Å². The molecule has 3 heterocycles. The number of thiazole rings is 1. The molecule has 1 atom stereocenters. The summed E-state index contributed by atoms with van der Waals surface area (Å²) in [6.45, 7) is 6.69. The van der Waals surface area contributed by atoms with E-state index < -0.39 is 0 Å². The molecule has 28 heavy (non-hydrogen) atoms. The van der Waals surface area contributed by atoms with Gasteiger partial charge in [0.05, 0.1) is 24.8 Å². The molecule has 0 aromatic carbocycles. The van der Waals surface area contributed by atoms with Crippen LogP contribution in [0.15, 0.2) is 0 Å². The summed E-state index contributed by atoms with van der Waals surface area (Å²) in [6, 6.07) is 0. The molecule has 0 bridgehead atoms. The minimum absolute atomic E-state index is 0.0186. The lowest BCUT2D eigenvalue weighted by molar-refractivity contribution is -0.133. The van der Waals surface area contributed by atoms with Gasteiger partial charge >= 0.3 is 0 Å². The molecule has 1 aromatic rings. The van der Waals surface area contributed by atoms with Crippen molar-refractivity contribution in [2.24, 2.45) is 11.8 Å². The van der Waals surface area contributed by atoms with Crippen molar-refractivity contribution in [1.82, 2.24) is 14.8 Å². The SMILES string of the molecule is COCCN1CC(C(=O)Nc2nc3c(s2)CN(C(=O)CC(C)C)CC3)CC1=O. The molecule has 1 N–H and O–H groups in total. The maximum absolute atomic E-state index is 12.6. The Kier molecular flexibility index (Phi) is 6.66. The molecule has 2 aliphatic heterocycles. The summed E-state index contributed by atoms with van der Waals surface area (Å²) in [6.07, 6.45) is 1.48. The lowest BCUT2D eigenvalue weighted by Gasteiger charge is -2.26. The highest BCUT2D eigenvalue weighted by Crippen LogP contribution is 2.30. The monoisotopic (exact) mass is 408 g/mol. The molecule has 0 spiro atoms. The molecule has 1 saturated heterocycles. The summed E-state index contributed by atoms with van der Waals surface area (Å²) in [7, 11) is 1.59. The molecule has 0 radical (unpaired) electrons. The second-order valence-electron chi connectivity index (χ2n) is 7.78. The van der Waals surface area contributed by atoms with Crippen molar-refractivity contribution < 1.29 is 19.1 Å². The number of nitrogens with one attached hydrogen (secondary N) is 1. The molecular weight excluding hydrogens is 380 g/mol. The standard InChI is InChI=1S/C19H28N4O4S/c1-12(2)8-16(24)22-5-4-14-15(11-22)28-19(20-14)21-18(26)13-9-17(25)23(10-13)6-7-27-3/h12-13H,4-11H2,1-3H3,(H,20,21,26). The van der Waals surface area contributed by atoms with Crippen LogP contribution in [0.1, 0.15) is 37.3 Å². The van der Waals surface area contributed by atoms with Gasteiger partial charge in [-0.25, -0.2) is 4.98 Å². The van der Waals surface area contributed by atoms with Crippen LogP contribution in [-0.4, -0.2) is 65.9 Å². The summed E-state index contributed by atoms with van der Waals surface area (Å²) in [4.78, 5) is 46.0. The third kappa shape index (κ3) is 4.88. The van der Waals surface area contributed by atoms with E-state index in [0.717, 1.165) is 10.6 Å². The molecule has 0 saturated carbocycles. The van der Waals surface area contributed by atoms with E-state index in [4.69, 9.17) is 4.74 Å². The van der Waals surface area contributed by atoms with Crippen LogP contribution in [0.4, 0.5) is 5.13 Å². The predicted octanol–water partition coefficient (Wildman–Crippen LogP) is 1.51. The summed E-state index contributed by atoms with van der Waals surface area (Å²) in [5, 5.41) is 3.42. The van der Waals surface area contributed by atoms with Crippen LogP contribution in [0.5, 0.6) is 0 Å². The van der Waals surface area contributed by atoms with E-state index in [1.165, 1.54) is 11.3 Å². The van der Waals surface area contributed by atoms with E-state index in [0.29, 0.717) is 56.7 Å². The van der Waals surface area contributed by atoms with E-state index in [-0.39, 0.29) is 30.1 Å². The van der Waals surface area contributed by atoms with E-state index in [2.05, 4.69) is 10.3 Å². The quantitative estimate of drug-likeness (QED) is 0.738. The van der Waals surface area contributed by atoms with Crippen LogP contribution in [-0.2, 0) is 32.1 Å². The van der Waals surface area contributed by atoms with Crippen LogP contribution < -0.4 is 5.32 Å². The molecule has 8 nitrogen and oxygen atoms in total. The first kappa shape index (κ1) is 20.7. The third-order valence-corrected chi connectivity index (χ3v) is 6.05. The van der Waals surface area contributed by atoms with Crippen molar-refractivity contribution in [1.29, 1.82) is 0 Å². The number of likely N-dealkylation sites (tertiary alicyclic amines) is 1. The summed E-state index contributed by atoms with van der Waals surface area (Å²) < 4.78 is 5.01. The van der Waals surface area contributed by atoms with Crippen LogP contribution in [0.2, 0.25) is 0 Å². The number of hydrogen-bond acceptors (Lipinski definition) is 6. The van der Waals surface area contributed by atoms with Gasteiger partial charge in [-0.15, -0.1) is 0 Å². The van der Waals surface area contributed by atoms with Gasteiger partial charge in [-0.05, 0) is 5.92 Å². The predicted molar refractivity (Wildman–Crippen MR) is 106 cm³/mol. The first-order valence-electron chi connectivity index (χ1n) is 9.71. The second kappa shape index (κ2) is 9.00. The second-order valence-corrected chi connectivity index (χ2v) is 8.86. The Morgan fingerprint density at radius 3 is 2.89 bits per heavy atom. The summed E-state index contributed by atoms with van der Waals surface area (Å²) in [5.41, 5.74) is 0.957. The first-order chi connectivity index (χ1) is 13.4. The Balaban J connectivity index is 1.57. The zero-order valence-electron chi connectivity index (χ0n) is 16.7. The van der Waals surface area contributed by atoms with Crippen molar-refractivity contribution in [3.63, 3.8) is 0 Å². The fourth-order valence-electron chi connectivity index (χ4n) is 3.51. The Morgan fingerprint density at radius 2 is 2.18 bits per heavy atom. The highest BCUT2D eigenvalue weighted by Gasteiger charge is 2.34. The lowest BCUT2D eigenvalue weighted by atomic mass is 10.1. The molecule has 1 aromatic heterocycles. The van der Waals surface area contributed by atoms with Gasteiger partial charge in [-0.1, -0.05) is 25.2 Å². The topological polar surface area (TPSA) is 91.8 Å². The number of ether oxygens (including phenoxy) is 1. The number of amides is 3. The van der Waals surface area contributed by atoms with Gasteiger partial charge in [0.2, 0.25) is 17.7 Å². The van der Waals surface area contributed by atoms with Crippen molar-refractivity contribution in [2.45, 2.75) is 39.7 Å². The Bertz CT molecular complexity index is 748. The lowest BCUT2D eigenvalue weighted by Crippen LogP contribution is -2.36. The van der Waals surface area contributed by atoms with Crippen molar-refractivity contribution in [3.05, 3.63) is 10.6 Å². The average Bonchev–Trinajstić information content (AvgIpc) is 3.21. The normalized spacial score (nSPS) is 19.3. The zero-order chi connectivity index (χ0) is 20.3. The average molecular weight is 409 g/mol. The summed E-state index contributed by atoms with van der Waals surface area (Å²) in [5.74, 6) is -0.0560. The highest BCUT2D eigenvalue weighted by molar-refractivity contribution is 7.15. The molecule has 154 valence electrons. The Hall–Kier alpha value is -2.00. The first-order valence-corrected chi connectivity index (χ1v) is 10.5. The number of carbonyl (C=O) groups excluding carboxylic acids is 3. The third-order valence-electron chi connectivity index (χ3n) is 5.05. The van der Waals surface area contributed by atoms with Gasteiger partial charge in [0.25, 0.3) is 0 Å². The molecule has 2 aliphatic rings. The fourth-order valence-corrected chi connectivity index (χ4v) is 4.54. The number of fused-ring (bicyclic) bond motifs is 1. The number of aromatic nitrogens is 1. The molecule has 9 heteroatoms. The van der Waals surface area contributed by atoms with Crippen molar-refractivity contribution in [2.75, 3.05) is 38.7 Å². The van der Waals surface area contributed by atoms with E-state index in [1.54, 1.807) is 12.0 Å². The van der Waals surface area contributed by atoms with E-state index >= 15 is 0 Å². The molecular formula is C19H28N4O4S. The minimum Gasteiger partial charge on any atom is -0.383 e. The maximum Gasteiger partial charge on any atom is 0.231 e. The molecule has 3 rings (SSSR count). The number of anilines is 1. The largest absolute Gasteiger partial charge is 0.383 e. The summed E-state index contributed by atoms with van der Waals surface area (Å²) >= 11 is 1.42. The molecule has 1 unspecified atom stereocenters. The van der Waals surface area contributed by atoms with Gasteiger partial charge in [0.1, 0.15) is 0 Å². The zero-order valence-corrected chi connectivity index (χ0v) is 17.5. The molecule has 0 aliphatic carbocycles. The maximum atomic E-state index is 12.6. The number of methoxy groups -OCH3 is 1. The number of hydrogen-bond donors (Lipinski definition) is 1. The molecule has 3 amide bonds. The smallest absolute Gasteiger partial charge is 0.231 e. The van der Waals surface area contributed by atoms with E-state index in [9.17, 15) is 14.4 Å². The van der Waals surface area contributed by atoms with Gasteiger partial charge in [-0.2, -0.15) is 0 Å². The minimum atomic E-state index is -0.366. The van der Waals surface area contributed by atoms with Gasteiger partial charge in [-0.3, -0.25) is 14.4 Å².